The molecule has 3 N–H and O–H groups in total. The Morgan fingerprint density at radius 1 is 1.20 bits per heavy atom. The lowest BCUT2D eigenvalue weighted by Gasteiger charge is -2.25. The van der Waals surface area contributed by atoms with Crippen molar-refractivity contribution in [1.82, 2.24) is 5.43 Å². The predicted molar refractivity (Wildman–Crippen MR) is 75.8 cm³/mol. The number of benzene rings is 2. The lowest BCUT2D eigenvalue weighted by Crippen LogP contribution is -2.30. The van der Waals surface area contributed by atoms with Crippen LogP contribution in [0.5, 0.6) is 5.75 Å². The van der Waals surface area contributed by atoms with Crippen molar-refractivity contribution in [1.29, 1.82) is 0 Å². The van der Waals surface area contributed by atoms with Crippen LogP contribution in [0.25, 0.3) is 0 Å². The van der Waals surface area contributed by atoms with Gasteiger partial charge in [0.25, 0.3) is 0 Å². The van der Waals surface area contributed by atoms with Crippen molar-refractivity contribution in [2.75, 3.05) is 6.61 Å². The van der Waals surface area contributed by atoms with Gasteiger partial charge in [-0.15, -0.1) is 0 Å². The molecule has 4 heteroatoms. The van der Waals surface area contributed by atoms with Gasteiger partial charge in [-0.05, 0) is 36.1 Å². The molecule has 0 spiro atoms. The molecule has 2 aromatic carbocycles. The van der Waals surface area contributed by atoms with Gasteiger partial charge in [-0.1, -0.05) is 30.3 Å². The van der Waals surface area contributed by atoms with Gasteiger partial charge in [0.05, 0.1) is 12.6 Å². The normalized spacial score (nSPS) is 15.3. The van der Waals surface area contributed by atoms with E-state index in [1.54, 1.807) is 6.07 Å². The smallest absolute Gasteiger partial charge is 0.127 e. The van der Waals surface area contributed by atoms with Crippen LogP contribution >= 0.6 is 0 Å². The molecule has 2 aromatic rings. The summed E-state index contributed by atoms with van der Waals surface area (Å²) >= 11 is 0. The van der Waals surface area contributed by atoms with Crippen LogP contribution in [0.3, 0.4) is 0 Å². The Morgan fingerprint density at radius 2 is 2.05 bits per heavy atom. The van der Waals surface area contributed by atoms with Crippen molar-refractivity contribution in [2.45, 2.75) is 18.9 Å². The zero-order chi connectivity index (χ0) is 13.9. The van der Waals surface area contributed by atoms with Gasteiger partial charge >= 0.3 is 0 Å². The molecular formula is C16H17FN2O. The van der Waals surface area contributed by atoms with Crippen molar-refractivity contribution >= 4 is 0 Å². The molecular weight excluding hydrogens is 255 g/mol. The van der Waals surface area contributed by atoms with E-state index in [-0.39, 0.29) is 11.9 Å². The second-order valence-electron chi connectivity index (χ2n) is 4.94. The van der Waals surface area contributed by atoms with Crippen molar-refractivity contribution in [3.63, 3.8) is 0 Å². The van der Waals surface area contributed by atoms with E-state index < -0.39 is 0 Å². The molecule has 3 nitrogen and oxygen atoms in total. The van der Waals surface area contributed by atoms with Crippen LogP contribution in [-0.4, -0.2) is 6.61 Å². The quantitative estimate of drug-likeness (QED) is 0.667. The highest BCUT2D eigenvalue weighted by molar-refractivity contribution is 5.47. The summed E-state index contributed by atoms with van der Waals surface area (Å²) in [6.45, 7) is 0.713. The lowest BCUT2D eigenvalue weighted by atomic mass is 9.94. The monoisotopic (exact) mass is 272 g/mol. The first kappa shape index (κ1) is 13.1. The van der Waals surface area contributed by atoms with Gasteiger partial charge in [0.1, 0.15) is 11.6 Å². The maximum atomic E-state index is 13.4. The van der Waals surface area contributed by atoms with Crippen molar-refractivity contribution < 1.29 is 9.13 Å². The van der Waals surface area contributed by atoms with Crippen molar-refractivity contribution in [3.05, 3.63) is 65.0 Å². The SMILES string of the molecule is NNC(c1cccc(F)c1)c1cccc2c1OCCC2. The zero-order valence-corrected chi connectivity index (χ0v) is 11.1. The van der Waals surface area contributed by atoms with Gasteiger partial charge in [0.2, 0.25) is 0 Å². The van der Waals surface area contributed by atoms with Crippen LogP contribution in [0.4, 0.5) is 4.39 Å². The number of nitrogens with one attached hydrogen (secondary N) is 1. The Morgan fingerprint density at radius 3 is 2.85 bits per heavy atom. The van der Waals surface area contributed by atoms with E-state index in [0.717, 1.165) is 29.7 Å². The van der Waals surface area contributed by atoms with E-state index in [2.05, 4.69) is 11.5 Å². The predicted octanol–water partition coefficient (Wildman–Crippen LogP) is 2.70. The lowest BCUT2D eigenvalue weighted by molar-refractivity contribution is 0.283. The standard InChI is InChI=1S/C16H17FN2O/c17-13-7-1-5-12(10-13)15(19-18)14-8-2-4-11-6-3-9-20-16(11)14/h1-2,4-5,7-8,10,15,19H,3,6,9,18H2. The van der Waals surface area contributed by atoms with Gasteiger partial charge in [-0.2, -0.15) is 0 Å². The van der Waals surface area contributed by atoms with Gasteiger partial charge in [0, 0.05) is 5.56 Å². The second-order valence-corrected chi connectivity index (χ2v) is 4.94. The third-order valence-electron chi connectivity index (χ3n) is 3.62. The average molecular weight is 272 g/mol. The van der Waals surface area contributed by atoms with E-state index in [9.17, 15) is 4.39 Å². The molecule has 0 saturated carbocycles. The van der Waals surface area contributed by atoms with Crippen LogP contribution < -0.4 is 16.0 Å². The highest BCUT2D eigenvalue weighted by Crippen LogP contribution is 2.35. The van der Waals surface area contributed by atoms with Crippen LogP contribution in [0.15, 0.2) is 42.5 Å². The summed E-state index contributed by atoms with van der Waals surface area (Å²) in [6, 6.07) is 12.2. The molecule has 0 amide bonds. The minimum Gasteiger partial charge on any atom is -0.493 e. The minimum atomic E-state index is -0.279. The number of rotatable bonds is 3. The summed E-state index contributed by atoms with van der Waals surface area (Å²) in [7, 11) is 0. The largest absolute Gasteiger partial charge is 0.493 e. The Kier molecular flexibility index (Phi) is 3.67. The molecule has 1 atom stereocenters. The molecule has 0 aromatic heterocycles. The Bertz CT molecular complexity index is 615. The van der Waals surface area contributed by atoms with Gasteiger partial charge in [-0.25, -0.2) is 9.82 Å². The molecule has 0 aliphatic carbocycles. The zero-order valence-electron chi connectivity index (χ0n) is 11.1. The molecule has 104 valence electrons. The van der Waals surface area contributed by atoms with Crippen molar-refractivity contribution in [3.8, 4) is 5.75 Å². The van der Waals surface area contributed by atoms with Crippen LogP contribution in [-0.2, 0) is 6.42 Å². The topological polar surface area (TPSA) is 47.3 Å². The fourth-order valence-electron chi connectivity index (χ4n) is 2.69. The Labute approximate surface area is 117 Å². The highest BCUT2D eigenvalue weighted by atomic mass is 19.1. The van der Waals surface area contributed by atoms with E-state index >= 15 is 0 Å². The number of hydrazine groups is 1. The minimum absolute atomic E-state index is 0.270. The molecule has 20 heavy (non-hydrogen) atoms. The van der Waals surface area contributed by atoms with Crippen LogP contribution in [0.1, 0.15) is 29.2 Å². The first-order valence-corrected chi connectivity index (χ1v) is 6.76. The second kappa shape index (κ2) is 5.61. The van der Waals surface area contributed by atoms with Crippen LogP contribution in [0, 0.1) is 5.82 Å². The summed E-state index contributed by atoms with van der Waals surface area (Å²) in [4.78, 5) is 0. The van der Waals surface area contributed by atoms with E-state index in [1.807, 2.05) is 18.2 Å². The Hall–Kier alpha value is -1.91. The fraction of sp³-hybridized carbons (Fsp3) is 0.250. The third kappa shape index (κ3) is 2.40. The maximum absolute atomic E-state index is 13.4. The number of fused-ring (bicyclic) bond motifs is 1. The number of ether oxygens (including phenoxy) is 1. The van der Waals surface area contributed by atoms with Gasteiger partial charge in [0.15, 0.2) is 0 Å². The third-order valence-corrected chi connectivity index (χ3v) is 3.62. The molecule has 1 heterocycles. The van der Waals surface area contributed by atoms with E-state index in [4.69, 9.17) is 10.6 Å². The molecule has 0 radical (unpaired) electrons. The van der Waals surface area contributed by atoms with Gasteiger partial charge < -0.3 is 4.74 Å². The number of halogens is 1. The number of hydrogen-bond donors (Lipinski definition) is 2. The number of nitrogens with two attached hydrogens (primary N) is 1. The number of aryl methyl sites for hydroxylation is 1. The summed E-state index contributed by atoms with van der Waals surface area (Å²) in [6.07, 6.45) is 2.03. The van der Waals surface area contributed by atoms with Gasteiger partial charge in [-0.3, -0.25) is 5.84 Å². The van der Waals surface area contributed by atoms with Crippen molar-refractivity contribution in [2.24, 2.45) is 5.84 Å². The van der Waals surface area contributed by atoms with E-state index in [0.29, 0.717) is 6.61 Å². The summed E-state index contributed by atoms with van der Waals surface area (Å²) in [5.74, 6) is 6.30. The molecule has 1 unspecified atom stereocenters. The molecule has 3 rings (SSSR count). The molecule has 1 aliphatic heterocycles. The molecule has 1 aliphatic rings. The first-order chi connectivity index (χ1) is 9.79. The summed E-state index contributed by atoms with van der Waals surface area (Å²) in [5.41, 5.74) is 5.69. The van der Waals surface area contributed by atoms with Crippen LogP contribution in [0.2, 0.25) is 0 Å². The average Bonchev–Trinajstić information content (AvgIpc) is 2.48. The molecule has 0 fully saturated rings. The number of hydrogen-bond acceptors (Lipinski definition) is 3. The number of para-hydroxylation sites is 1. The molecule has 0 saturated heterocycles. The highest BCUT2D eigenvalue weighted by Gasteiger charge is 2.21. The summed E-state index contributed by atoms with van der Waals surface area (Å²) < 4.78 is 19.2. The Balaban J connectivity index is 2.06. The molecule has 0 bridgehead atoms. The first-order valence-electron chi connectivity index (χ1n) is 6.76. The summed E-state index contributed by atoms with van der Waals surface area (Å²) in [5, 5.41) is 0. The maximum Gasteiger partial charge on any atom is 0.127 e. The van der Waals surface area contributed by atoms with E-state index in [1.165, 1.54) is 17.7 Å². The fourth-order valence-corrected chi connectivity index (χ4v) is 2.69.